The molecule has 1 atom stereocenters. The topological polar surface area (TPSA) is 46.3 Å². The zero-order chi connectivity index (χ0) is 12.5. The molecule has 2 rings (SSSR count). The lowest BCUT2D eigenvalue weighted by Crippen LogP contribution is -2.57. The van der Waals surface area contributed by atoms with Gasteiger partial charge in [0.15, 0.2) is 0 Å². The highest BCUT2D eigenvalue weighted by atomic mass is 16.2. The molecule has 0 saturated heterocycles. The van der Waals surface area contributed by atoms with Crippen molar-refractivity contribution >= 4 is 5.91 Å². The van der Waals surface area contributed by atoms with E-state index >= 15 is 0 Å². The molecule has 17 heavy (non-hydrogen) atoms. The van der Waals surface area contributed by atoms with E-state index in [0.717, 1.165) is 25.7 Å². The van der Waals surface area contributed by atoms with Gasteiger partial charge in [0.1, 0.15) is 0 Å². The van der Waals surface area contributed by atoms with Gasteiger partial charge in [-0.25, -0.2) is 0 Å². The third kappa shape index (κ3) is 2.54. The third-order valence-electron chi connectivity index (χ3n) is 4.24. The summed E-state index contributed by atoms with van der Waals surface area (Å²) >= 11 is 0. The molecule has 0 bridgehead atoms. The van der Waals surface area contributed by atoms with Gasteiger partial charge in [-0.3, -0.25) is 4.79 Å². The molecule has 96 valence electrons. The molecule has 0 spiro atoms. The summed E-state index contributed by atoms with van der Waals surface area (Å²) in [6.45, 7) is 6.30. The second-order valence-corrected chi connectivity index (χ2v) is 5.74. The van der Waals surface area contributed by atoms with E-state index in [0.29, 0.717) is 18.5 Å². The van der Waals surface area contributed by atoms with Gasteiger partial charge < -0.3 is 10.6 Å². The lowest BCUT2D eigenvalue weighted by Gasteiger charge is -2.35. The van der Waals surface area contributed by atoms with E-state index < -0.39 is 5.54 Å². The standard InChI is InChI=1S/C14H24N2O/c1-3-10-16(12-6-4-5-7-12)13(17)14(2,15)11-8-9-11/h3,11-12H,1,4-10,15H2,2H3. The van der Waals surface area contributed by atoms with Crippen molar-refractivity contribution in [3.63, 3.8) is 0 Å². The van der Waals surface area contributed by atoms with Gasteiger partial charge in [0, 0.05) is 12.6 Å². The summed E-state index contributed by atoms with van der Waals surface area (Å²) < 4.78 is 0. The van der Waals surface area contributed by atoms with Crippen molar-refractivity contribution in [2.24, 2.45) is 11.7 Å². The maximum Gasteiger partial charge on any atom is 0.243 e. The summed E-state index contributed by atoms with van der Waals surface area (Å²) in [5.41, 5.74) is 5.58. The molecule has 0 aliphatic heterocycles. The van der Waals surface area contributed by atoms with E-state index in [2.05, 4.69) is 6.58 Å². The first-order valence-corrected chi connectivity index (χ1v) is 6.78. The van der Waals surface area contributed by atoms with Crippen molar-refractivity contribution in [3.8, 4) is 0 Å². The van der Waals surface area contributed by atoms with E-state index in [1.807, 2.05) is 17.9 Å². The van der Waals surface area contributed by atoms with E-state index in [4.69, 9.17) is 5.73 Å². The minimum Gasteiger partial charge on any atom is -0.334 e. The zero-order valence-corrected chi connectivity index (χ0v) is 10.8. The first kappa shape index (κ1) is 12.6. The van der Waals surface area contributed by atoms with Crippen LogP contribution in [0.5, 0.6) is 0 Å². The maximum atomic E-state index is 12.6. The lowest BCUT2D eigenvalue weighted by molar-refractivity contribution is -0.138. The molecule has 3 nitrogen and oxygen atoms in total. The van der Waals surface area contributed by atoms with E-state index in [1.54, 1.807) is 0 Å². The molecule has 0 aromatic heterocycles. The number of nitrogens with zero attached hydrogens (tertiary/aromatic N) is 1. The summed E-state index contributed by atoms with van der Waals surface area (Å²) in [6, 6.07) is 0.391. The van der Waals surface area contributed by atoms with Crippen molar-refractivity contribution < 1.29 is 4.79 Å². The molecule has 2 aliphatic rings. The van der Waals surface area contributed by atoms with Crippen LogP contribution in [0.25, 0.3) is 0 Å². The van der Waals surface area contributed by atoms with Crippen molar-refractivity contribution in [3.05, 3.63) is 12.7 Å². The normalized spacial score (nSPS) is 24.4. The molecule has 0 heterocycles. The highest BCUT2D eigenvalue weighted by Crippen LogP contribution is 2.39. The third-order valence-corrected chi connectivity index (χ3v) is 4.24. The van der Waals surface area contributed by atoms with Crippen LogP contribution in [0.3, 0.4) is 0 Å². The summed E-state index contributed by atoms with van der Waals surface area (Å²) in [7, 11) is 0. The van der Waals surface area contributed by atoms with Gasteiger partial charge in [-0.15, -0.1) is 6.58 Å². The number of amides is 1. The predicted octanol–water partition coefficient (Wildman–Crippen LogP) is 2.07. The van der Waals surface area contributed by atoms with E-state index in [-0.39, 0.29) is 5.91 Å². The SMILES string of the molecule is C=CCN(C(=O)C(C)(N)C1CC1)C1CCCC1. The van der Waals surface area contributed by atoms with Crippen LogP contribution in [0.15, 0.2) is 12.7 Å². The first-order valence-electron chi connectivity index (χ1n) is 6.78. The fourth-order valence-electron chi connectivity index (χ4n) is 2.92. The Morgan fingerprint density at radius 2 is 2.00 bits per heavy atom. The molecule has 2 N–H and O–H groups in total. The molecular formula is C14H24N2O. The van der Waals surface area contributed by atoms with Crippen LogP contribution in [-0.4, -0.2) is 28.9 Å². The van der Waals surface area contributed by atoms with Gasteiger partial charge in [-0.2, -0.15) is 0 Å². The van der Waals surface area contributed by atoms with Crippen LogP contribution in [0.2, 0.25) is 0 Å². The quantitative estimate of drug-likeness (QED) is 0.743. The number of nitrogens with two attached hydrogens (primary N) is 1. The Morgan fingerprint density at radius 1 is 1.41 bits per heavy atom. The number of hydrogen-bond acceptors (Lipinski definition) is 2. The molecule has 1 unspecified atom stereocenters. The van der Waals surface area contributed by atoms with Gasteiger partial charge in [-0.05, 0) is 38.5 Å². The second-order valence-electron chi connectivity index (χ2n) is 5.74. The number of carbonyl (C=O) groups is 1. The highest BCUT2D eigenvalue weighted by Gasteiger charge is 2.46. The van der Waals surface area contributed by atoms with Gasteiger partial charge in [0.25, 0.3) is 0 Å². The molecule has 3 heteroatoms. The van der Waals surface area contributed by atoms with Crippen LogP contribution in [0.4, 0.5) is 0 Å². The van der Waals surface area contributed by atoms with Crippen molar-refractivity contribution in [2.45, 2.75) is 57.0 Å². The summed E-state index contributed by atoms with van der Waals surface area (Å²) in [6.07, 6.45) is 8.74. The van der Waals surface area contributed by atoms with Gasteiger partial charge in [-0.1, -0.05) is 18.9 Å². The van der Waals surface area contributed by atoms with Crippen molar-refractivity contribution in [2.75, 3.05) is 6.54 Å². The summed E-state index contributed by atoms with van der Waals surface area (Å²) in [5, 5.41) is 0. The Balaban J connectivity index is 2.08. The molecule has 2 saturated carbocycles. The molecule has 1 amide bonds. The molecule has 0 radical (unpaired) electrons. The molecular weight excluding hydrogens is 212 g/mol. The maximum absolute atomic E-state index is 12.6. The van der Waals surface area contributed by atoms with Crippen LogP contribution >= 0.6 is 0 Å². The van der Waals surface area contributed by atoms with E-state index in [9.17, 15) is 4.79 Å². The minimum absolute atomic E-state index is 0.131. The second kappa shape index (κ2) is 4.81. The van der Waals surface area contributed by atoms with Gasteiger partial charge in [0.05, 0.1) is 5.54 Å². The van der Waals surface area contributed by atoms with E-state index in [1.165, 1.54) is 12.8 Å². The molecule has 0 aromatic rings. The van der Waals surface area contributed by atoms with Crippen molar-refractivity contribution in [1.82, 2.24) is 4.90 Å². The molecule has 2 aliphatic carbocycles. The summed E-state index contributed by atoms with van der Waals surface area (Å²) in [5.74, 6) is 0.524. The number of carbonyl (C=O) groups excluding carboxylic acids is 1. The highest BCUT2D eigenvalue weighted by molar-refractivity contribution is 5.87. The molecule has 2 fully saturated rings. The monoisotopic (exact) mass is 236 g/mol. The Kier molecular flexibility index (Phi) is 3.57. The Morgan fingerprint density at radius 3 is 2.47 bits per heavy atom. The van der Waals surface area contributed by atoms with Gasteiger partial charge in [0.2, 0.25) is 5.91 Å². The van der Waals surface area contributed by atoms with Crippen molar-refractivity contribution in [1.29, 1.82) is 0 Å². The number of rotatable bonds is 5. The predicted molar refractivity (Wildman–Crippen MR) is 69.5 cm³/mol. The van der Waals surface area contributed by atoms with Crippen LogP contribution in [0.1, 0.15) is 45.4 Å². The van der Waals surface area contributed by atoms with Crippen LogP contribution in [0, 0.1) is 5.92 Å². The average molecular weight is 236 g/mol. The van der Waals surface area contributed by atoms with Crippen LogP contribution < -0.4 is 5.73 Å². The van der Waals surface area contributed by atoms with Crippen LogP contribution in [-0.2, 0) is 4.79 Å². The molecule has 0 aromatic carbocycles. The summed E-state index contributed by atoms with van der Waals surface area (Å²) in [4.78, 5) is 14.5. The number of hydrogen-bond donors (Lipinski definition) is 1. The minimum atomic E-state index is -0.661. The first-order chi connectivity index (χ1) is 8.07. The average Bonchev–Trinajstić information content (AvgIpc) is 3.03. The Bertz CT molecular complexity index is 301. The Hall–Kier alpha value is -0.830. The zero-order valence-electron chi connectivity index (χ0n) is 10.8. The fourth-order valence-corrected chi connectivity index (χ4v) is 2.92. The van der Waals surface area contributed by atoms with Gasteiger partial charge >= 0.3 is 0 Å². The Labute approximate surface area is 104 Å². The lowest BCUT2D eigenvalue weighted by atomic mass is 9.94. The smallest absolute Gasteiger partial charge is 0.243 e. The largest absolute Gasteiger partial charge is 0.334 e. The fraction of sp³-hybridized carbons (Fsp3) is 0.786.